The van der Waals surface area contributed by atoms with Crippen molar-refractivity contribution in [3.63, 3.8) is 0 Å². The summed E-state index contributed by atoms with van der Waals surface area (Å²) in [5.41, 5.74) is 0. The van der Waals surface area contributed by atoms with Gasteiger partial charge in [0.15, 0.2) is 0 Å². The summed E-state index contributed by atoms with van der Waals surface area (Å²) in [6, 6.07) is 0.150. The van der Waals surface area contributed by atoms with Crippen LogP contribution in [0.4, 0.5) is 0 Å². The molecule has 4 heteroatoms. The van der Waals surface area contributed by atoms with Crippen LogP contribution < -0.4 is 5.32 Å². The number of hydrogen-bond donors (Lipinski definition) is 1. The second kappa shape index (κ2) is 8.48. The zero-order valence-corrected chi connectivity index (χ0v) is 11.0. The molecule has 1 aliphatic carbocycles. The van der Waals surface area contributed by atoms with E-state index in [1.165, 1.54) is 39.2 Å². The van der Waals surface area contributed by atoms with Gasteiger partial charge in [0.05, 0.1) is 26.2 Å². The SMILES string of the molecule is COC(=O)CC(C)NCCOC1CCCCC1. The fraction of sp³-hybridized carbons (Fsp3) is 0.923. The molecule has 1 unspecified atom stereocenters. The molecule has 100 valence electrons. The summed E-state index contributed by atoms with van der Waals surface area (Å²) < 4.78 is 10.4. The first kappa shape index (κ1) is 14.5. The van der Waals surface area contributed by atoms with Gasteiger partial charge in [-0.05, 0) is 19.8 Å². The Morgan fingerprint density at radius 3 is 2.71 bits per heavy atom. The number of nitrogens with one attached hydrogen (secondary N) is 1. The highest BCUT2D eigenvalue weighted by molar-refractivity contribution is 5.69. The lowest BCUT2D eigenvalue weighted by Gasteiger charge is -2.22. The maximum absolute atomic E-state index is 11.0. The van der Waals surface area contributed by atoms with E-state index in [9.17, 15) is 4.79 Å². The van der Waals surface area contributed by atoms with Crippen LogP contribution in [0.15, 0.2) is 0 Å². The van der Waals surface area contributed by atoms with E-state index in [0.29, 0.717) is 12.5 Å². The van der Waals surface area contributed by atoms with Crippen LogP contribution in [0.3, 0.4) is 0 Å². The highest BCUT2D eigenvalue weighted by Crippen LogP contribution is 2.19. The lowest BCUT2D eigenvalue weighted by molar-refractivity contribution is -0.141. The lowest BCUT2D eigenvalue weighted by Crippen LogP contribution is -2.32. The molecule has 1 rings (SSSR count). The number of carbonyl (C=O) groups is 1. The van der Waals surface area contributed by atoms with E-state index >= 15 is 0 Å². The van der Waals surface area contributed by atoms with Gasteiger partial charge in [-0.2, -0.15) is 0 Å². The zero-order valence-electron chi connectivity index (χ0n) is 11.0. The van der Waals surface area contributed by atoms with Gasteiger partial charge in [-0.1, -0.05) is 19.3 Å². The first-order valence-corrected chi connectivity index (χ1v) is 6.64. The molecule has 0 saturated heterocycles. The predicted molar refractivity (Wildman–Crippen MR) is 66.9 cm³/mol. The highest BCUT2D eigenvalue weighted by Gasteiger charge is 2.13. The summed E-state index contributed by atoms with van der Waals surface area (Å²) in [5.74, 6) is -0.168. The third-order valence-electron chi connectivity index (χ3n) is 3.20. The van der Waals surface area contributed by atoms with Crippen LogP contribution in [0.5, 0.6) is 0 Å². The smallest absolute Gasteiger partial charge is 0.307 e. The molecule has 0 spiro atoms. The van der Waals surface area contributed by atoms with Crippen molar-refractivity contribution < 1.29 is 14.3 Å². The Bertz CT molecular complexity index is 215. The molecule has 0 heterocycles. The average Bonchev–Trinajstić information content (AvgIpc) is 2.36. The van der Waals surface area contributed by atoms with Gasteiger partial charge in [0.2, 0.25) is 0 Å². The fourth-order valence-electron chi connectivity index (χ4n) is 2.17. The molecule has 1 saturated carbocycles. The van der Waals surface area contributed by atoms with Crippen LogP contribution in [0.25, 0.3) is 0 Å². The van der Waals surface area contributed by atoms with Gasteiger partial charge < -0.3 is 14.8 Å². The first-order chi connectivity index (χ1) is 8.22. The molecule has 0 amide bonds. The van der Waals surface area contributed by atoms with Gasteiger partial charge in [0, 0.05) is 12.6 Å². The van der Waals surface area contributed by atoms with Gasteiger partial charge in [-0.25, -0.2) is 0 Å². The van der Waals surface area contributed by atoms with E-state index in [4.69, 9.17) is 4.74 Å². The van der Waals surface area contributed by atoms with E-state index in [0.717, 1.165) is 13.2 Å². The van der Waals surface area contributed by atoms with Crippen LogP contribution in [-0.4, -0.2) is 38.4 Å². The van der Waals surface area contributed by atoms with Crippen molar-refractivity contribution in [3.05, 3.63) is 0 Å². The number of ether oxygens (including phenoxy) is 2. The van der Waals surface area contributed by atoms with Crippen LogP contribution in [0.2, 0.25) is 0 Å². The van der Waals surface area contributed by atoms with Gasteiger partial charge in [0.1, 0.15) is 0 Å². The number of hydrogen-bond acceptors (Lipinski definition) is 4. The average molecular weight is 243 g/mol. The predicted octanol–water partition coefficient (Wildman–Crippen LogP) is 1.88. The van der Waals surface area contributed by atoms with E-state index in [2.05, 4.69) is 10.1 Å². The third-order valence-corrected chi connectivity index (χ3v) is 3.20. The summed E-state index contributed by atoms with van der Waals surface area (Å²) in [7, 11) is 1.42. The number of carbonyl (C=O) groups excluding carboxylic acids is 1. The summed E-state index contributed by atoms with van der Waals surface area (Å²) >= 11 is 0. The second-order valence-corrected chi connectivity index (χ2v) is 4.77. The van der Waals surface area contributed by atoms with Crippen LogP contribution in [0.1, 0.15) is 45.4 Å². The molecule has 1 atom stereocenters. The quantitative estimate of drug-likeness (QED) is 0.548. The minimum absolute atomic E-state index is 0.150. The van der Waals surface area contributed by atoms with Crippen molar-refractivity contribution >= 4 is 5.97 Å². The molecule has 17 heavy (non-hydrogen) atoms. The standard InChI is InChI=1S/C13H25NO3/c1-11(10-13(15)16-2)14-8-9-17-12-6-4-3-5-7-12/h11-12,14H,3-10H2,1-2H3. The summed E-state index contributed by atoms with van der Waals surface area (Å²) in [6.45, 7) is 3.52. The Balaban J connectivity index is 1.97. The zero-order chi connectivity index (χ0) is 12.5. The Labute approximate surface area is 104 Å². The van der Waals surface area contributed by atoms with Crippen LogP contribution >= 0.6 is 0 Å². The minimum atomic E-state index is -0.168. The number of esters is 1. The molecule has 0 aliphatic heterocycles. The topological polar surface area (TPSA) is 47.6 Å². The second-order valence-electron chi connectivity index (χ2n) is 4.77. The van der Waals surface area contributed by atoms with E-state index in [-0.39, 0.29) is 12.0 Å². The molecule has 1 N–H and O–H groups in total. The van der Waals surface area contributed by atoms with E-state index in [1.54, 1.807) is 0 Å². The number of methoxy groups -OCH3 is 1. The molecular weight excluding hydrogens is 218 g/mol. The van der Waals surface area contributed by atoms with Crippen molar-refractivity contribution in [1.29, 1.82) is 0 Å². The van der Waals surface area contributed by atoms with Crippen molar-refractivity contribution in [3.8, 4) is 0 Å². The lowest BCUT2D eigenvalue weighted by atomic mass is 9.98. The molecule has 0 aromatic heterocycles. The molecule has 0 aromatic carbocycles. The monoisotopic (exact) mass is 243 g/mol. The van der Waals surface area contributed by atoms with Crippen LogP contribution in [0, 0.1) is 0 Å². The molecular formula is C13H25NO3. The van der Waals surface area contributed by atoms with Gasteiger partial charge in [0.25, 0.3) is 0 Å². The Kier molecular flexibility index (Phi) is 7.21. The molecule has 0 bridgehead atoms. The minimum Gasteiger partial charge on any atom is -0.469 e. The maximum atomic E-state index is 11.0. The highest BCUT2D eigenvalue weighted by atomic mass is 16.5. The van der Waals surface area contributed by atoms with Gasteiger partial charge in [-0.3, -0.25) is 4.79 Å². The van der Waals surface area contributed by atoms with E-state index in [1.807, 2.05) is 6.92 Å². The number of rotatable bonds is 7. The van der Waals surface area contributed by atoms with Gasteiger partial charge >= 0.3 is 5.97 Å². The van der Waals surface area contributed by atoms with Crippen molar-refractivity contribution in [2.75, 3.05) is 20.3 Å². The van der Waals surface area contributed by atoms with Crippen molar-refractivity contribution in [1.82, 2.24) is 5.32 Å². The largest absolute Gasteiger partial charge is 0.469 e. The molecule has 0 radical (unpaired) electrons. The third kappa shape index (κ3) is 6.64. The Morgan fingerprint density at radius 2 is 2.06 bits per heavy atom. The Morgan fingerprint density at radius 1 is 1.35 bits per heavy atom. The molecule has 4 nitrogen and oxygen atoms in total. The Hall–Kier alpha value is -0.610. The summed E-state index contributed by atoms with van der Waals surface area (Å²) in [4.78, 5) is 11.0. The maximum Gasteiger partial charge on any atom is 0.307 e. The van der Waals surface area contributed by atoms with E-state index < -0.39 is 0 Å². The van der Waals surface area contributed by atoms with Crippen LogP contribution in [-0.2, 0) is 14.3 Å². The van der Waals surface area contributed by atoms with Crippen molar-refractivity contribution in [2.45, 2.75) is 57.6 Å². The first-order valence-electron chi connectivity index (χ1n) is 6.64. The summed E-state index contributed by atoms with van der Waals surface area (Å²) in [5, 5.41) is 3.26. The van der Waals surface area contributed by atoms with Crippen molar-refractivity contribution in [2.24, 2.45) is 0 Å². The molecule has 1 fully saturated rings. The fourth-order valence-corrected chi connectivity index (χ4v) is 2.17. The summed E-state index contributed by atoms with van der Waals surface area (Å²) in [6.07, 6.45) is 7.25. The molecule has 1 aliphatic rings. The normalized spacial score (nSPS) is 18.9. The molecule has 0 aromatic rings. The van der Waals surface area contributed by atoms with Gasteiger partial charge in [-0.15, -0.1) is 0 Å².